The summed E-state index contributed by atoms with van der Waals surface area (Å²) in [6.45, 7) is 3.90. The summed E-state index contributed by atoms with van der Waals surface area (Å²) in [5, 5.41) is 0. The lowest BCUT2D eigenvalue weighted by atomic mass is 9.82. The molecule has 1 atom stereocenters. The van der Waals surface area contributed by atoms with Gasteiger partial charge in [0.2, 0.25) is 0 Å². The van der Waals surface area contributed by atoms with Crippen LogP contribution in [0.15, 0.2) is 6.07 Å². The minimum atomic E-state index is 0.00975. The quantitative estimate of drug-likeness (QED) is 0.778. The van der Waals surface area contributed by atoms with E-state index >= 15 is 0 Å². The molecule has 76 valence electrons. The second-order valence-corrected chi connectivity index (χ2v) is 4.18. The van der Waals surface area contributed by atoms with Crippen molar-refractivity contribution in [2.45, 2.75) is 45.1 Å². The van der Waals surface area contributed by atoms with Gasteiger partial charge in [0.15, 0.2) is 0 Å². The van der Waals surface area contributed by atoms with Crippen molar-refractivity contribution in [1.29, 1.82) is 0 Å². The zero-order chi connectivity index (χ0) is 10.1. The number of nitrogens with two attached hydrogens (primary N) is 1. The Kier molecular flexibility index (Phi) is 2.50. The van der Waals surface area contributed by atoms with Crippen LogP contribution in [0.25, 0.3) is 0 Å². The molecule has 1 heterocycles. The van der Waals surface area contributed by atoms with Gasteiger partial charge in [0.1, 0.15) is 5.82 Å². The minimum absolute atomic E-state index is 0.00975. The summed E-state index contributed by atoms with van der Waals surface area (Å²) in [7, 11) is 0. The first-order chi connectivity index (χ1) is 6.66. The van der Waals surface area contributed by atoms with Gasteiger partial charge in [0, 0.05) is 17.7 Å². The molecular formula is C11H17N3. The summed E-state index contributed by atoms with van der Waals surface area (Å²) < 4.78 is 0. The maximum absolute atomic E-state index is 5.82. The second-order valence-electron chi connectivity index (χ2n) is 4.18. The van der Waals surface area contributed by atoms with E-state index in [1.807, 2.05) is 13.8 Å². The van der Waals surface area contributed by atoms with Gasteiger partial charge in [-0.05, 0) is 32.8 Å². The van der Waals surface area contributed by atoms with Crippen LogP contribution in [0.4, 0.5) is 0 Å². The summed E-state index contributed by atoms with van der Waals surface area (Å²) in [6, 6.07) is 2.08. The molecule has 3 nitrogen and oxygen atoms in total. The Bertz CT molecular complexity index is 329. The summed E-state index contributed by atoms with van der Waals surface area (Å²) in [6.07, 6.45) is 3.88. The van der Waals surface area contributed by atoms with Crippen molar-refractivity contribution in [3.8, 4) is 0 Å². The van der Waals surface area contributed by atoms with Crippen LogP contribution in [0.1, 0.15) is 55.4 Å². The van der Waals surface area contributed by atoms with Crippen LogP contribution in [-0.2, 0) is 0 Å². The van der Waals surface area contributed by atoms with E-state index in [4.69, 9.17) is 5.73 Å². The average molecular weight is 191 g/mol. The molecule has 0 spiro atoms. The average Bonchev–Trinajstić information content (AvgIpc) is 1.99. The molecule has 14 heavy (non-hydrogen) atoms. The Morgan fingerprint density at radius 3 is 2.64 bits per heavy atom. The van der Waals surface area contributed by atoms with Crippen LogP contribution in [0.5, 0.6) is 0 Å². The summed E-state index contributed by atoms with van der Waals surface area (Å²) >= 11 is 0. The minimum Gasteiger partial charge on any atom is -0.323 e. The molecule has 1 unspecified atom stereocenters. The van der Waals surface area contributed by atoms with Crippen molar-refractivity contribution >= 4 is 0 Å². The van der Waals surface area contributed by atoms with E-state index in [9.17, 15) is 0 Å². The monoisotopic (exact) mass is 191 g/mol. The molecule has 0 saturated heterocycles. The SMILES string of the molecule is Cc1nc(C(C)N)cc(C2CCC2)n1. The second kappa shape index (κ2) is 3.65. The van der Waals surface area contributed by atoms with Crippen LogP contribution in [0.3, 0.4) is 0 Å². The van der Waals surface area contributed by atoms with Gasteiger partial charge < -0.3 is 5.73 Å². The third-order valence-electron chi connectivity index (χ3n) is 2.87. The van der Waals surface area contributed by atoms with Crippen molar-refractivity contribution in [3.63, 3.8) is 0 Å². The Labute approximate surface area is 84.8 Å². The fourth-order valence-corrected chi connectivity index (χ4v) is 1.76. The molecule has 0 aliphatic heterocycles. The van der Waals surface area contributed by atoms with Crippen LogP contribution in [-0.4, -0.2) is 9.97 Å². The fourth-order valence-electron chi connectivity index (χ4n) is 1.76. The van der Waals surface area contributed by atoms with E-state index in [0.717, 1.165) is 11.5 Å². The maximum Gasteiger partial charge on any atom is 0.125 e. The zero-order valence-electron chi connectivity index (χ0n) is 8.83. The van der Waals surface area contributed by atoms with Gasteiger partial charge in [-0.3, -0.25) is 0 Å². The molecule has 1 aliphatic carbocycles. The van der Waals surface area contributed by atoms with Crippen molar-refractivity contribution in [2.75, 3.05) is 0 Å². The molecule has 1 saturated carbocycles. The van der Waals surface area contributed by atoms with E-state index in [2.05, 4.69) is 16.0 Å². The Morgan fingerprint density at radius 2 is 2.14 bits per heavy atom. The molecule has 0 bridgehead atoms. The summed E-state index contributed by atoms with van der Waals surface area (Å²) in [4.78, 5) is 8.81. The molecule has 1 aromatic rings. The van der Waals surface area contributed by atoms with Crippen molar-refractivity contribution in [2.24, 2.45) is 5.73 Å². The van der Waals surface area contributed by atoms with Crippen LogP contribution >= 0.6 is 0 Å². The van der Waals surface area contributed by atoms with Crippen molar-refractivity contribution in [3.05, 3.63) is 23.3 Å². The lowest BCUT2D eigenvalue weighted by molar-refractivity contribution is 0.409. The van der Waals surface area contributed by atoms with E-state index in [1.54, 1.807) is 0 Å². The first kappa shape index (κ1) is 9.59. The summed E-state index contributed by atoms with van der Waals surface area (Å²) in [5.41, 5.74) is 7.98. The third-order valence-corrected chi connectivity index (χ3v) is 2.87. The summed E-state index contributed by atoms with van der Waals surface area (Å²) in [5.74, 6) is 1.51. The molecule has 2 rings (SSSR count). The smallest absolute Gasteiger partial charge is 0.125 e. The maximum atomic E-state index is 5.82. The highest BCUT2D eigenvalue weighted by Gasteiger charge is 2.22. The Morgan fingerprint density at radius 1 is 1.43 bits per heavy atom. The van der Waals surface area contributed by atoms with Gasteiger partial charge in [-0.2, -0.15) is 0 Å². The molecule has 3 heteroatoms. The van der Waals surface area contributed by atoms with Crippen LogP contribution in [0, 0.1) is 6.92 Å². The number of aromatic nitrogens is 2. The Balaban J connectivity index is 2.30. The molecular weight excluding hydrogens is 174 g/mol. The van der Waals surface area contributed by atoms with E-state index in [-0.39, 0.29) is 6.04 Å². The number of hydrogen-bond acceptors (Lipinski definition) is 3. The first-order valence-corrected chi connectivity index (χ1v) is 5.28. The van der Waals surface area contributed by atoms with Crippen LogP contribution < -0.4 is 5.73 Å². The van der Waals surface area contributed by atoms with E-state index in [1.165, 1.54) is 25.0 Å². The number of rotatable bonds is 2. The topological polar surface area (TPSA) is 51.8 Å². The molecule has 0 aromatic carbocycles. The molecule has 1 aromatic heterocycles. The molecule has 0 radical (unpaired) electrons. The van der Waals surface area contributed by atoms with Crippen molar-refractivity contribution in [1.82, 2.24) is 9.97 Å². The normalized spacial score (nSPS) is 19.1. The van der Waals surface area contributed by atoms with E-state index in [0.29, 0.717) is 5.92 Å². The van der Waals surface area contributed by atoms with Gasteiger partial charge in [-0.15, -0.1) is 0 Å². The highest BCUT2D eigenvalue weighted by atomic mass is 14.9. The predicted molar refractivity (Wildman–Crippen MR) is 56.0 cm³/mol. The molecule has 2 N–H and O–H groups in total. The zero-order valence-corrected chi connectivity index (χ0v) is 8.83. The van der Waals surface area contributed by atoms with Crippen molar-refractivity contribution < 1.29 is 0 Å². The largest absolute Gasteiger partial charge is 0.323 e. The van der Waals surface area contributed by atoms with Gasteiger partial charge in [-0.25, -0.2) is 9.97 Å². The lowest BCUT2D eigenvalue weighted by Gasteiger charge is -2.25. The first-order valence-electron chi connectivity index (χ1n) is 5.28. The van der Waals surface area contributed by atoms with Crippen LogP contribution in [0.2, 0.25) is 0 Å². The van der Waals surface area contributed by atoms with Gasteiger partial charge >= 0.3 is 0 Å². The third kappa shape index (κ3) is 1.77. The predicted octanol–water partition coefficient (Wildman–Crippen LogP) is 2.07. The van der Waals surface area contributed by atoms with Gasteiger partial charge in [0.25, 0.3) is 0 Å². The Hall–Kier alpha value is -0.960. The number of nitrogens with zero attached hydrogens (tertiary/aromatic N) is 2. The highest BCUT2D eigenvalue weighted by molar-refractivity contribution is 5.18. The van der Waals surface area contributed by atoms with Gasteiger partial charge in [-0.1, -0.05) is 6.42 Å². The standard InChI is InChI=1S/C11H17N3/c1-7(12)10-6-11(9-4-3-5-9)14-8(2)13-10/h6-7,9H,3-5,12H2,1-2H3. The molecule has 1 aliphatic rings. The number of aryl methyl sites for hydroxylation is 1. The lowest BCUT2D eigenvalue weighted by Crippen LogP contribution is -2.15. The fraction of sp³-hybridized carbons (Fsp3) is 0.636. The van der Waals surface area contributed by atoms with E-state index < -0.39 is 0 Å². The molecule has 0 amide bonds. The number of hydrogen-bond donors (Lipinski definition) is 1. The molecule has 1 fully saturated rings. The highest BCUT2D eigenvalue weighted by Crippen LogP contribution is 2.35. The van der Waals surface area contributed by atoms with Gasteiger partial charge in [0.05, 0.1) is 5.69 Å².